The summed E-state index contributed by atoms with van der Waals surface area (Å²) in [7, 11) is 3.14. The van der Waals surface area contributed by atoms with Crippen LogP contribution in [0.4, 0.5) is 11.4 Å². The third-order valence-corrected chi connectivity index (χ3v) is 3.69. The first-order valence-corrected chi connectivity index (χ1v) is 6.99. The Morgan fingerprint density at radius 3 is 2.57 bits per heavy atom. The number of hydrogen-bond acceptors (Lipinski definition) is 5. The Bertz CT molecular complexity index is 539. The van der Waals surface area contributed by atoms with E-state index in [9.17, 15) is 9.59 Å². The number of carbonyl (C=O) groups excluding carboxylic acids is 2. The molecule has 0 aliphatic carbocycles. The lowest BCUT2D eigenvalue weighted by Gasteiger charge is -2.24. The molecule has 6 nitrogen and oxygen atoms in total. The summed E-state index contributed by atoms with van der Waals surface area (Å²) in [5.74, 6) is -0.324. The summed E-state index contributed by atoms with van der Waals surface area (Å²) in [6.45, 7) is 1.95. The number of carbonyl (C=O) groups is 2. The van der Waals surface area contributed by atoms with Gasteiger partial charge in [0.2, 0.25) is 5.91 Å². The Morgan fingerprint density at radius 2 is 2.00 bits per heavy atom. The molecule has 0 radical (unpaired) electrons. The molecule has 0 unspecified atom stereocenters. The SMILES string of the molecule is COC(=O)c1ccc(N(C)CC(=O)N2CCCC2)c(N)c1. The van der Waals surface area contributed by atoms with Crippen LogP contribution in [-0.4, -0.2) is 50.6 Å². The zero-order valence-corrected chi connectivity index (χ0v) is 12.5. The fourth-order valence-electron chi connectivity index (χ4n) is 2.50. The molecule has 0 bridgehead atoms. The highest BCUT2D eigenvalue weighted by Gasteiger charge is 2.20. The van der Waals surface area contributed by atoms with Gasteiger partial charge in [-0.05, 0) is 31.0 Å². The number of likely N-dealkylation sites (N-methyl/N-ethyl adjacent to an activating group) is 1. The van der Waals surface area contributed by atoms with Crippen molar-refractivity contribution in [2.75, 3.05) is 44.4 Å². The average Bonchev–Trinajstić information content (AvgIpc) is 3.00. The normalized spacial score (nSPS) is 14.1. The van der Waals surface area contributed by atoms with Crippen molar-refractivity contribution in [3.63, 3.8) is 0 Å². The molecule has 0 atom stereocenters. The molecule has 1 aromatic carbocycles. The maximum Gasteiger partial charge on any atom is 0.337 e. The number of benzene rings is 1. The number of nitrogen functional groups attached to an aromatic ring is 1. The van der Waals surface area contributed by atoms with Gasteiger partial charge in [0, 0.05) is 20.1 Å². The fraction of sp³-hybridized carbons (Fsp3) is 0.467. The number of anilines is 2. The Balaban J connectivity index is 2.06. The van der Waals surface area contributed by atoms with Crippen LogP contribution in [0.1, 0.15) is 23.2 Å². The molecule has 0 spiro atoms. The van der Waals surface area contributed by atoms with Gasteiger partial charge in [-0.1, -0.05) is 0 Å². The van der Waals surface area contributed by atoms with Crippen molar-refractivity contribution in [3.05, 3.63) is 23.8 Å². The topological polar surface area (TPSA) is 75.9 Å². The first-order chi connectivity index (χ1) is 10.0. The van der Waals surface area contributed by atoms with E-state index in [1.807, 2.05) is 11.9 Å². The van der Waals surface area contributed by atoms with Gasteiger partial charge in [-0.2, -0.15) is 0 Å². The lowest BCUT2D eigenvalue weighted by molar-refractivity contribution is -0.128. The van der Waals surface area contributed by atoms with Crippen LogP contribution >= 0.6 is 0 Å². The molecule has 1 fully saturated rings. The van der Waals surface area contributed by atoms with E-state index in [2.05, 4.69) is 4.74 Å². The molecule has 21 heavy (non-hydrogen) atoms. The number of methoxy groups -OCH3 is 1. The monoisotopic (exact) mass is 291 g/mol. The minimum Gasteiger partial charge on any atom is -0.465 e. The Kier molecular flexibility index (Phi) is 4.67. The van der Waals surface area contributed by atoms with E-state index in [0.717, 1.165) is 31.6 Å². The molecule has 6 heteroatoms. The maximum atomic E-state index is 12.1. The van der Waals surface area contributed by atoms with E-state index in [0.29, 0.717) is 11.3 Å². The minimum atomic E-state index is -0.427. The number of likely N-dealkylation sites (tertiary alicyclic amines) is 1. The van der Waals surface area contributed by atoms with E-state index in [1.54, 1.807) is 23.1 Å². The second-order valence-electron chi connectivity index (χ2n) is 5.21. The van der Waals surface area contributed by atoms with Crippen LogP contribution in [-0.2, 0) is 9.53 Å². The van der Waals surface area contributed by atoms with Gasteiger partial charge in [0.1, 0.15) is 0 Å². The molecule has 1 heterocycles. The van der Waals surface area contributed by atoms with Gasteiger partial charge < -0.3 is 20.3 Å². The number of esters is 1. The molecule has 1 aliphatic heterocycles. The largest absolute Gasteiger partial charge is 0.465 e. The number of nitrogens with two attached hydrogens (primary N) is 1. The summed E-state index contributed by atoms with van der Waals surface area (Å²) in [4.78, 5) is 27.3. The van der Waals surface area contributed by atoms with Crippen LogP contribution in [0.25, 0.3) is 0 Å². The van der Waals surface area contributed by atoms with Crippen LogP contribution in [0.15, 0.2) is 18.2 Å². The second kappa shape index (κ2) is 6.47. The van der Waals surface area contributed by atoms with Gasteiger partial charge in [-0.15, -0.1) is 0 Å². The predicted octanol–water partition coefficient (Wildman–Crippen LogP) is 1.11. The van der Waals surface area contributed by atoms with E-state index >= 15 is 0 Å². The quantitative estimate of drug-likeness (QED) is 0.664. The van der Waals surface area contributed by atoms with Crippen molar-refractivity contribution in [2.24, 2.45) is 0 Å². The molecule has 2 N–H and O–H groups in total. The van der Waals surface area contributed by atoms with Gasteiger partial charge in [-0.25, -0.2) is 4.79 Å². The van der Waals surface area contributed by atoms with Gasteiger partial charge in [0.15, 0.2) is 0 Å². The summed E-state index contributed by atoms with van der Waals surface area (Å²) in [5, 5.41) is 0. The van der Waals surface area contributed by atoms with Gasteiger partial charge in [0.25, 0.3) is 0 Å². The summed E-state index contributed by atoms with van der Waals surface area (Å²) in [5.41, 5.74) is 7.56. The Hall–Kier alpha value is -2.24. The summed E-state index contributed by atoms with van der Waals surface area (Å²) >= 11 is 0. The van der Waals surface area contributed by atoms with Gasteiger partial charge in [0.05, 0.1) is 30.6 Å². The van der Waals surface area contributed by atoms with Crippen molar-refractivity contribution in [3.8, 4) is 0 Å². The lowest BCUT2D eigenvalue weighted by Crippen LogP contribution is -2.37. The molecular formula is C15H21N3O3. The van der Waals surface area contributed by atoms with Crippen molar-refractivity contribution in [2.45, 2.75) is 12.8 Å². The minimum absolute atomic E-state index is 0.103. The van der Waals surface area contributed by atoms with Crippen LogP contribution < -0.4 is 10.6 Å². The molecule has 114 valence electrons. The summed E-state index contributed by atoms with van der Waals surface area (Å²) < 4.78 is 4.65. The first kappa shape index (κ1) is 15.2. The van der Waals surface area contributed by atoms with Crippen molar-refractivity contribution in [1.82, 2.24) is 4.90 Å². The molecule has 1 saturated heterocycles. The van der Waals surface area contributed by atoms with E-state index in [-0.39, 0.29) is 12.5 Å². The van der Waals surface area contributed by atoms with Crippen molar-refractivity contribution < 1.29 is 14.3 Å². The highest BCUT2D eigenvalue weighted by atomic mass is 16.5. The molecule has 0 saturated carbocycles. The van der Waals surface area contributed by atoms with Crippen molar-refractivity contribution >= 4 is 23.3 Å². The fourth-order valence-corrected chi connectivity index (χ4v) is 2.50. The third-order valence-electron chi connectivity index (χ3n) is 3.69. The van der Waals surface area contributed by atoms with Gasteiger partial charge >= 0.3 is 5.97 Å². The van der Waals surface area contributed by atoms with Crippen LogP contribution in [0.5, 0.6) is 0 Å². The summed E-state index contributed by atoms with van der Waals surface area (Å²) in [6.07, 6.45) is 2.15. The number of nitrogens with zero attached hydrogens (tertiary/aromatic N) is 2. The third kappa shape index (κ3) is 3.45. The highest BCUT2D eigenvalue weighted by molar-refractivity contribution is 5.92. The Labute approximate surface area is 124 Å². The zero-order chi connectivity index (χ0) is 15.4. The first-order valence-electron chi connectivity index (χ1n) is 6.99. The maximum absolute atomic E-state index is 12.1. The Morgan fingerprint density at radius 1 is 1.33 bits per heavy atom. The molecule has 1 aromatic rings. The zero-order valence-electron chi connectivity index (χ0n) is 12.5. The molecule has 2 rings (SSSR count). The predicted molar refractivity (Wildman–Crippen MR) is 81.3 cm³/mol. The molecule has 0 aromatic heterocycles. The smallest absolute Gasteiger partial charge is 0.337 e. The standard InChI is InChI=1S/C15H21N3O3/c1-17(10-14(19)18-7-3-4-8-18)13-6-5-11(9-12(13)16)15(20)21-2/h5-6,9H,3-4,7-8,10,16H2,1-2H3. The molecule has 1 aliphatic rings. The lowest BCUT2D eigenvalue weighted by atomic mass is 10.1. The van der Waals surface area contributed by atoms with E-state index in [1.165, 1.54) is 7.11 Å². The summed E-state index contributed by atoms with van der Waals surface area (Å²) in [6, 6.07) is 4.95. The molecule has 1 amide bonds. The van der Waals surface area contributed by atoms with Crippen LogP contribution in [0.2, 0.25) is 0 Å². The van der Waals surface area contributed by atoms with Crippen LogP contribution in [0.3, 0.4) is 0 Å². The highest BCUT2D eigenvalue weighted by Crippen LogP contribution is 2.24. The number of hydrogen-bond donors (Lipinski definition) is 1. The van der Waals surface area contributed by atoms with E-state index < -0.39 is 5.97 Å². The average molecular weight is 291 g/mol. The second-order valence-corrected chi connectivity index (χ2v) is 5.21. The van der Waals surface area contributed by atoms with Crippen molar-refractivity contribution in [1.29, 1.82) is 0 Å². The number of ether oxygens (including phenoxy) is 1. The van der Waals surface area contributed by atoms with E-state index in [4.69, 9.17) is 5.73 Å². The van der Waals surface area contributed by atoms with Gasteiger partial charge in [-0.3, -0.25) is 4.79 Å². The number of amides is 1. The van der Waals surface area contributed by atoms with Crippen LogP contribution in [0, 0.1) is 0 Å². The number of rotatable bonds is 4. The molecular weight excluding hydrogens is 270 g/mol.